The van der Waals surface area contributed by atoms with Gasteiger partial charge in [-0.1, -0.05) is 6.07 Å². The first kappa shape index (κ1) is 23.4. The number of rotatable bonds is 4. The lowest BCUT2D eigenvalue weighted by atomic mass is 9.92. The van der Waals surface area contributed by atoms with E-state index in [1.165, 1.54) is 0 Å². The Morgan fingerprint density at radius 1 is 0.865 bits per heavy atom. The van der Waals surface area contributed by atoms with Crippen LogP contribution in [0.5, 0.6) is 5.75 Å². The smallest absolute Gasteiger partial charge is 0.387 e. The van der Waals surface area contributed by atoms with Crippen LogP contribution >= 0.6 is 0 Å². The fraction of sp³-hybridized carbons (Fsp3) is 0.296. The summed E-state index contributed by atoms with van der Waals surface area (Å²) in [6, 6.07) is 8.06. The molecule has 3 aromatic heterocycles. The molecule has 1 aliphatic rings. The van der Waals surface area contributed by atoms with Gasteiger partial charge in [0, 0.05) is 49.7 Å². The number of fused-ring (bicyclic) bond motifs is 4. The van der Waals surface area contributed by atoms with Gasteiger partial charge >= 0.3 is 6.61 Å². The second-order valence-electron chi connectivity index (χ2n) is 9.70. The van der Waals surface area contributed by atoms with Gasteiger partial charge in [-0.25, -0.2) is 4.98 Å². The predicted molar refractivity (Wildman–Crippen MR) is 136 cm³/mol. The van der Waals surface area contributed by atoms with Gasteiger partial charge in [-0.15, -0.1) is 0 Å². The van der Waals surface area contributed by atoms with Gasteiger partial charge in [-0.05, 0) is 54.4 Å². The van der Waals surface area contributed by atoms with Crippen LogP contribution in [0.2, 0.25) is 0 Å². The molecular weight excluding hydrogens is 476 g/mol. The molecule has 10 heteroatoms. The van der Waals surface area contributed by atoms with Crippen molar-refractivity contribution in [2.24, 2.45) is 14.1 Å². The van der Waals surface area contributed by atoms with Gasteiger partial charge in [0.15, 0.2) is 0 Å². The van der Waals surface area contributed by atoms with Crippen molar-refractivity contribution in [2.75, 3.05) is 7.05 Å². The van der Waals surface area contributed by atoms with Crippen LogP contribution in [0.25, 0.3) is 33.3 Å². The van der Waals surface area contributed by atoms with Crippen molar-refractivity contribution in [3.63, 3.8) is 0 Å². The Hall–Kier alpha value is -4.05. The van der Waals surface area contributed by atoms with Crippen LogP contribution in [0.1, 0.15) is 22.5 Å². The van der Waals surface area contributed by atoms with Gasteiger partial charge in [0.25, 0.3) is 0 Å². The van der Waals surface area contributed by atoms with Gasteiger partial charge in [-0.2, -0.15) is 19.0 Å². The Kier molecular flexibility index (Phi) is 5.56. The molecular formula is C27H27F2N7O. The summed E-state index contributed by atoms with van der Waals surface area (Å²) in [6.45, 7) is 0.424. The minimum Gasteiger partial charge on any atom is -0.434 e. The molecule has 190 valence electrons. The molecule has 0 N–H and O–H groups in total. The molecule has 6 rings (SSSR count). The number of aromatic nitrogens is 6. The maximum absolute atomic E-state index is 13.6. The normalized spacial score (nSPS) is 14.0. The summed E-state index contributed by atoms with van der Waals surface area (Å²) in [4.78, 5) is 7.07. The highest BCUT2D eigenvalue weighted by Gasteiger charge is 2.27. The van der Waals surface area contributed by atoms with Crippen LogP contribution in [-0.2, 0) is 33.7 Å². The SMILES string of the molecule is Cc1cc(-c2cnn(C)c2)c2c(c1OC(F)F)Cn1c(nc3ccc(-c4cnn(C)c4)cc31)CN(C)C2. The highest BCUT2D eigenvalue weighted by atomic mass is 19.3. The number of ether oxygens (including phenoxy) is 1. The Labute approximate surface area is 212 Å². The lowest BCUT2D eigenvalue weighted by Gasteiger charge is -2.28. The first-order valence-corrected chi connectivity index (χ1v) is 12.0. The van der Waals surface area contributed by atoms with Gasteiger partial charge in [-0.3, -0.25) is 14.3 Å². The Bertz CT molecular complexity index is 1630. The largest absolute Gasteiger partial charge is 0.434 e. The summed E-state index contributed by atoms with van der Waals surface area (Å²) in [6.07, 6.45) is 7.54. The molecule has 0 saturated carbocycles. The number of alkyl halides is 2. The highest BCUT2D eigenvalue weighted by molar-refractivity contribution is 5.83. The molecule has 4 heterocycles. The first-order valence-electron chi connectivity index (χ1n) is 12.0. The van der Waals surface area contributed by atoms with Crippen LogP contribution in [0.4, 0.5) is 8.78 Å². The fourth-order valence-electron chi connectivity index (χ4n) is 5.27. The van der Waals surface area contributed by atoms with Crippen molar-refractivity contribution >= 4 is 11.0 Å². The van der Waals surface area contributed by atoms with E-state index in [0.717, 1.165) is 50.2 Å². The number of nitrogens with zero attached hydrogens (tertiary/aromatic N) is 7. The molecule has 0 aliphatic carbocycles. The van der Waals surface area contributed by atoms with E-state index in [4.69, 9.17) is 9.72 Å². The molecule has 0 unspecified atom stereocenters. The molecule has 0 radical (unpaired) electrons. The summed E-state index contributed by atoms with van der Waals surface area (Å²) in [5, 5.41) is 8.64. The second-order valence-corrected chi connectivity index (χ2v) is 9.70. The van der Waals surface area contributed by atoms with E-state index in [2.05, 4.69) is 25.7 Å². The standard InChI is InChI=1S/C27H27F2N7O/c1-16-7-20(19-10-31-35(4)12-19)21-13-33(2)15-25-32-23-6-5-17(18-9-30-34(3)11-18)8-24(23)36(25)14-22(21)26(16)37-27(28)29/h5-12,27H,13-15H2,1-4H3. The van der Waals surface area contributed by atoms with Crippen molar-refractivity contribution in [1.82, 2.24) is 34.0 Å². The van der Waals surface area contributed by atoms with E-state index in [-0.39, 0.29) is 5.75 Å². The van der Waals surface area contributed by atoms with Gasteiger partial charge in [0.05, 0.1) is 36.5 Å². The number of benzene rings is 2. The molecule has 37 heavy (non-hydrogen) atoms. The van der Waals surface area contributed by atoms with Crippen molar-refractivity contribution in [1.29, 1.82) is 0 Å². The van der Waals surface area contributed by atoms with Crippen molar-refractivity contribution in [2.45, 2.75) is 33.2 Å². The van der Waals surface area contributed by atoms with E-state index in [9.17, 15) is 8.78 Å². The molecule has 0 spiro atoms. The third-order valence-corrected chi connectivity index (χ3v) is 6.93. The number of imidazole rings is 1. The highest BCUT2D eigenvalue weighted by Crippen LogP contribution is 2.39. The summed E-state index contributed by atoms with van der Waals surface area (Å²) in [5.74, 6) is 1.10. The van der Waals surface area contributed by atoms with E-state index in [0.29, 0.717) is 25.2 Å². The van der Waals surface area contributed by atoms with E-state index < -0.39 is 6.61 Å². The van der Waals surface area contributed by atoms with Crippen molar-refractivity contribution in [3.8, 4) is 28.0 Å². The minimum absolute atomic E-state index is 0.226. The van der Waals surface area contributed by atoms with Crippen molar-refractivity contribution < 1.29 is 13.5 Å². The van der Waals surface area contributed by atoms with Crippen LogP contribution in [0, 0.1) is 6.92 Å². The maximum Gasteiger partial charge on any atom is 0.387 e. The van der Waals surface area contributed by atoms with E-state index >= 15 is 0 Å². The van der Waals surface area contributed by atoms with Gasteiger partial charge < -0.3 is 9.30 Å². The zero-order valence-corrected chi connectivity index (χ0v) is 21.1. The predicted octanol–water partition coefficient (Wildman–Crippen LogP) is 4.74. The summed E-state index contributed by atoms with van der Waals surface area (Å²) in [5.41, 5.74) is 8.06. The zero-order chi connectivity index (χ0) is 25.8. The maximum atomic E-state index is 13.6. The monoisotopic (exact) mass is 503 g/mol. The summed E-state index contributed by atoms with van der Waals surface area (Å²) >= 11 is 0. The Morgan fingerprint density at radius 2 is 1.59 bits per heavy atom. The number of halogens is 2. The lowest BCUT2D eigenvalue weighted by molar-refractivity contribution is -0.0510. The molecule has 8 nitrogen and oxygen atoms in total. The molecule has 5 aromatic rings. The first-order chi connectivity index (χ1) is 17.8. The van der Waals surface area contributed by atoms with E-state index in [1.54, 1.807) is 15.6 Å². The zero-order valence-electron chi connectivity index (χ0n) is 21.1. The summed E-state index contributed by atoms with van der Waals surface area (Å²) < 4.78 is 38.0. The topological polar surface area (TPSA) is 65.9 Å². The van der Waals surface area contributed by atoms with Crippen LogP contribution in [0.15, 0.2) is 49.1 Å². The number of hydrogen-bond donors (Lipinski definition) is 0. The quantitative estimate of drug-likeness (QED) is 0.355. The minimum atomic E-state index is -2.92. The molecule has 2 aromatic carbocycles. The van der Waals surface area contributed by atoms with Crippen LogP contribution in [-0.4, -0.2) is 47.7 Å². The summed E-state index contributed by atoms with van der Waals surface area (Å²) in [7, 11) is 5.76. The average molecular weight is 504 g/mol. The fourth-order valence-corrected chi connectivity index (χ4v) is 5.27. The third-order valence-electron chi connectivity index (χ3n) is 6.93. The molecule has 0 atom stereocenters. The molecule has 1 aliphatic heterocycles. The Balaban J connectivity index is 1.58. The number of hydrogen-bond acceptors (Lipinski definition) is 5. The molecule has 0 saturated heterocycles. The van der Waals surface area contributed by atoms with Gasteiger partial charge in [0.2, 0.25) is 0 Å². The van der Waals surface area contributed by atoms with Crippen molar-refractivity contribution in [3.05, 3.63) is 71.6 Å². The number of aryl methyl sites for hydroxylation is 3. The van der Waals surface area contributed by atoms with Crippen LogP contribution in [0.3, 0.4) is 0 Å². The molecule has 0 bridgehead atoms. The molecule has 0 amide bonds. The second kappa shape index (κ2) is 8.81. The van der Waals surface area contributed by atoms with Crippen LogP contribution < -0.4 is 4.74 Å². The molecule has 0 fully saturated rings. The van der Waals surface area contributed by atoms with E-state index in [1.807, 2.05) is 64.9 Å². The van der Waals surface area contributed by atoms with Gasteiger partial charge in [0.1, 0.15) is 11.6 Å². The third kappa shape index (κ3) is 4.17. The average Bonchev–Trinajstić information content (AvgIpc) is 3.55. The lowest BCUT2D eigenvalue weighted by Crippen LogP contribution is -2.25. The Morgan fingerprint density at radius 3 is 2.27 bits per heavy atom.